The molecule has 2 saturated heterocycles. The van der Waals surface area contributed by atoms with Crippen LogP contribution in [0.2, 0.25) is 0 Å². The Morgan fingerprint density at radius 3 is 2.54 bits per heavy atom. The number of aliphatic imine (C=N–C) groups is 1. The Balaban J connectivity index is 1.40. The molecule has 0 spiro atoms. The summed E-state index contributed by atoms with van der Waals surface area (Å²) in [6, 6.07) is 12.8. The number of amidine groups is 1. The number of anilines is 2. The highest BCUT2D eigenvalue weighted by Crippen LogP contribution is 2.45. The van der Waals surface area contributed by atoms with Crippen LogP contribution >= 0.6 is 11.8 Å². The maximum absolute atomic E-state index is 13.1. The number of rotatable bonds is 4. The number of benzene rings is 2. The van der Waals surface area contributed by atoms with Gasteiger partial charge < -0.3 is 14.5 Å². The van der Waals surface area contributed by atoms with E-state index in [2.05, 4.69) is 68.7 Å². The average Bonchev–Trinajstić information content (AvgIpc) is 3.13. The van der Waals surface area contributed by atoms with Gasteiger partial charge in [-0.2, -0.15) is 0 Å². The predicted octanol–water partition coefficient (Wildman–Crippen LogP) is 6.18. The monoisotopic (exact) mass is 518 g/mol. The van der Waals surface area contributed by atoms with E-state index in [4.69, 9.17) is 9.73 Å². The maximum atomic E-state index is 13.1. The van der Waals surface area contributed by atoms with Gasteiger partial charge in [0.2, 0.25) is 0 Å². The third kappa shape index (κ3) is 5.04. The normalized spacial score (nSPS) is 23.8. The van der Waals surface area contributed by atoms with Gasteiger partial charge in [-0.3, -0.25) is 9.69 Å². The van der Waals surface area contributed by atoms with Crippen molar-refractivity contribution >= 4 is 46.0 Å². The quantitative estimate of drug-likeness (QED) is 0.453. The number of amides is 1. The Morgan fingerprint density at radius 2 is 1.86 bits per heavy atom. The third-order valence-electron chi connectivity index (χ3n) is 7.83. The molecule has 6 nitrogen and oxygen atoms in total. The van der Waals surface area contributed by atoms with E-state index in [1.165, 1.54) is 34.3 Å². The Morgan fingerprint density at radius 1 is 1.16 bits per heavy atom. The summed E-state index contributed by atoms with van der Waals surface area (Å²) in [6.45, 7) is 15.7. The molecular weight excluding hydrogens is 480 g/mol. The largest absolute Gasteiger partial charge is 0.378 e. The highest BCUT2D eigenvalue weighted by molar-refractivity contribution is 8.18. The van der Waals surface area contributed by atoms with Crippen molar-refractivity contribution in [1.29, 1.82) is 0 Å². The van der Waals surface area contributed by atoms with Gasteiger partial charge in [-0.1, -0.05) is 6.92 Å². The number of nitrogens with zero attached hydrogens (tertiary/aromatic N) is 4. The molecule has 0 aliphatic carbocycles. The van der Waals surface area contributed by atoms with E-state index in [9.17, 15) is 4.79 Å². The molecule has 3 aliphatic rings. The lowest BCUT2D eigenvalue weighted by atomic mass is 9.79. The molecule has 2 fully saturated rings. The van der Waals surface area contributed by atoms with Crippen LogP contribution < -0.4 is 9.80 Å². The van der Waals surface area contributed by atoms with E-state index in [-0.39, 0.29) is 11.4 Å². The highest BCUT2D eigenvalue weighted by Gasteiger charge is 2.36. The molecule has 7 heteroatoms. The molecule has 0 radical (unpaired) electrons. The molecule has 0 N–H and O–H groups in total. The van der Waals surface area contributed by atoms with Gasteiger partial charge in [-0.15, -0.1) is 0 Å². The van der Waals surface area contributed by atoms with Crippen molar-refractivity contribution in [2.75, 3.05) is 49.7 Å². The molecule has 5 rings (SSSR count). The van der Waals surface area contributed by atoms with Gasteiger partial charge in [-0.25, -0.2) is 4.99 Å². The summed E-state index contributed by atoms with van der Waals surface area (Å²) in [7, 11) is 1.81. The first-order valence-corrected chi connectivity index (χ1v) is 14.1. The van der Waals surface area contributed by atoms with Crippen molar-refractivity contribution < 1.29 is 9.53 Å². The van der Waals surface area contributed by atoms with Crippen LogP contribution in [0.3, 0.4) is 0 Å². The predicted molar refractivity (Wildman–Crippen MR) is 156 cm³/mol. The fourth-order valence-corrected chi connectivity index (χ4v) is 6.85. The molecule has 3 heterocycles. The zero-order chi connectivity index (χ0) is 26.3. The van der Waals surface area contributed by atoms with E-state index >= 15 is 0 Å². The van der Waals surface area contributed by atoms with Crippen LogP contribution in [0.1, 0.15) is 56.7 Å². The van der Waals surface area contributed by atoms with Gasteiger partial charge in [-0.05, 0) is 111 Å². The third-order valence-corrected chi connectivity index (χ3v) is 8.89. The molecule has 1 amide bonds. The van der Waals surface area contributed by atoms with Crippen LogP contribution in [0.5, 0.6) is 0 Å². The fourth-order valence-electron chi connectivity index (χ4n) is 5.87. The standard InChI is InChI=1S/C30H38N4O2S/c1-7-34-26-16-20(2)22(17-25(26)21(3)19-30(34,4)5)18-27-28(35)32(6)29(37-27)31-23-8-10-24(11-9-23)33-12-14-36-15-13-33/h8-11,16-18,21H,7,12-15,19H2,1-6H3/b27-18-,31-29?/t21-/m1/s1. The minimum absolute atomic E-state index is 0.00447. The highest BCUT2D eigenvalue weighted by atomic mass is 32.2. The molecule has 2 aromatic rings. The first kappa shape index (κ1) is 25.9. The van der Waals surface area contributed by atoms with E-state index in [1.807, 2.05) is 18.2 Å². The summed E-state index contributed by atoms with van der Waals surface area (Å²) in [4.78, 5) is 25.2. The second-order valence-corrected chi connectivity index (χ2v) is 11.9. The Kier molecular flexibility index (Phi) is 7.12. The fraction of sp³-hybridized carbons (Fsp3) is 0.467. The first-order valence-electron chi connectivity index (χ1n) is 13.3. The Labute approximate surface area is 225 Å². The summed E-state index contributed by atoms with van der Waals surface area (Å²) in [5.41, 5.74) is 7.17. The molecule has 37 heavy (non-hydrogen) atoms. The molecular formula is C30H38N4O2S. The number of carbonyl (C=O) groups excluding carboxylic acids is 1. The molecule has 3 aliphatic heterocycles. The van der Waals surface area contributed by atoms with Gasteiger partial charge >= 0.3 is 0 Å². The summed E-state index contributed by atoms with van der Waals surface area (Å²) in [6.07, 6.45) is 3.16. The molecule has 196 valence electrons. The number of likely N-dealkylation sites (N-methyl/N-ethyl adjacent to an activating group) is 1. The van der Waals surface area contributed by atoms with Crippen LogP contribution in [-0.2, 0) is 9.53 Å². The lowest BCUT2D eigenvalue weighted by Gasteiger charge is -2.47. The van der Waals surface area contributed by atoms with E-state index < -0.39 is 0 Å². The number of carbonyl (C=O) groups is 1. The van der Waals surface area contributed by atoms with Gasteiger partial charge in [0.25, 0.3) is 5.91 Å². The van der Waals surface area contributed by atoms with Crippen molar-refractivity contribution in [3.63, 3.8) is 0 Å². The second kappa shape index (κ2) is 10.2. The van der Waals surface area contributed by atoms with E-state index in [0.29, 0.717) is 16.0 Å². The van der Waals surface area contributed by atoms with Crippen LogP contribution in [-0.4, -0.2) is 61.4 Å². The van der Waals surface area contributed by atoms with Crippen LogP contribution in [0.4, 0.5) is 17.1 Å². The van der Waals surface area contributed by atoms with Crippen molar-refractivity contribution in [2.24, 2.45) is 4.99 Å². The first-order chi connectivity index (χ1) is 17.7. The van der Waals surface area contributed by atoms with Crippen molar-refractivity contribution in [2.45, 2.75) is 52.5 Å². The molecule has 0 saturated carbocycles. The van der Waals surface area contributed by atoms with E-state index in [0.717, 1.165) is 50.5 Å². The Hall–Kier alpha value is -2.77. The van der Waals surface area contributed by atoms with Crippen LogP contribution in [0.15, 0.2) is 46.3 Å². The molecule has 1 atom stereocenters. The number of morpholine rings is 1. The van der Waals surface area contributed by atoms with Gasteiger partial charge in [0, 0.05) is 43.6 Å². The number of hydrogen-bond donors (Lipinski definition) is 0. The molecule has 0 bridgehead atoms. The SMILES string of the molecule is CCN1c2cc(C)c(/C=C3\SC(=Nc4ccc(N5CCOCC5)cc4)N(C)C3=O)cc2[C@H](C)CC1(C)C. The molecule has 0 unspecified atom stereocenters. The summed E-state index contributed by atoms with van der Waals surface area (Å²) < 4.78 is 5.45. The summed E-state index contributed by atoms with van der Waals surface area (Å²) in [5.74, 6) is 0.466. The van der Waals surface area contributed by atoms with Crippen molar-refractivity contribution in [1.82, 2.24) is 4.90 Å². The van der Waals surface area contributed by atoms with Crippen LogP contribution in [0.25, 0.3) is 6.08 Å². The summed E-state index contributed by atoms with van der Waals surface area (Å²) >= 11 is 1.45. The number of thioether (sulfide) groups is 1. The van der Waals surface area contributed by atoms with Gasteiger partial charge in [0.1, 0.15) is 0 Å². The van der Waals surface area contributed by atoms with Gasteiger partial charge in [0.15, 0.2) is 5.17 Å². The minimum Gasteiger partial charge on any atom is -0.378 e. The second-order valence-electron chi connectivity index (χ2n) is 10.9. The van der Waals surface area contributed by atoms with E-state index in [1.54, 1.807) is 11.9 Å². The molecule has 0 aromatic heterocycles. The number of aryl methyl sites for hydroxylation is 1. The number of fused-ring (bicyclic) bond motifs is 1. The minimum atomic E-state index is -0.00447. The zero-order valence-electron chi connectivity index (χ0n) is 22.9. The zero-order valence-corrected chi connectivity index (χ0v) is 23.7. The van der Waals surface area contributed by atoms with Crippen molar-refractivity contribution in [3.05, 3.63) is 58.0 Å². The average molecular weight is 519 g/mol. The number of ether oxygens (including phenoxy) is 1. The molecule has 2 aromatic carbocycles. The lowest BCUT2D eigenvalue weighted by Crippen LogP contribution is -2.48. The van der Waals surface area contributed by atoms with Crippen LogP contribution in [0, 0.1) is 6.92 Å². The lowest BCUT2D eigenvalue weighted by molar-refractivity contribution is -0.121. The van der Waals surface area contributed by atoms with Gasteiger partial charge in [0.05, 0.1) is 23.8 Å². The maximum Gasteiger partial charge on any atom is 0.266 e. The van der Waals surface area contributed by atoms with Crippen molar-refractivity contribution in [3.8, 4) is 0 Å². The topological polar surface area (TPSA) is 48.4 Å². The Bertz CT molecular complexity index is 1240. The smallest absolute Gasteiger partial charge is 0.266 e. The number of hydrogen-bond acceptors (Lipinski definition) is 6. The summed E-state index contributed by atoms with van der Waals surface area (Å²) in [5, 5.41) is 0.707.